The monoisotopic (exact) mass is 590 g/mol. The molecular weight excluding hydrogens is 564 g/mol. The minimum absolute atomic E-state index is 0.0149. The Morgan fingerprint density at radius 3 is 2.07 bits per heavy atom. The number of halogens is 8. The molecule has 2 aliphatic rings. The topological polar surface area (TPSA) is 52.5 Å². The summed E-state index contributed by atoms with van der Waals surface area (Å²) in [6.07, 6.45) is -2.28. The van der Waals surface area contributed by atoms with Gasteiger partial charge in [0.1, 0.15) is 0 Å². The van der Waals surface area contributed by atoms with Gasteiger partial charge in [-0.3, -0.25) is 5.32 Å². The van der Waals surface area contributed by atoms with Gasteiger partial charge in [-0.25, -0.2) is 18.0 Å². The van der Waals surface area contributed by atoms with E-state index in [0.717, 1.165) is 0 Å². The molecule has 3 aromatic rings. The summed E-state index contributed by atoms with van der Waals surface area (Å²) >= 11 is 0. The number of fused-ring (bicyclic) bond motifs is 1. The maximum atomic E-state index is 14.2. The van der Waals surface area contributed by atoms with Crippen molar-refractivity contribution < 1.29 is 49.4 Å². The molecule has 1 saturated carbocycles. The van der Waals surface area contributed by atoms with Crippen LogP contribution in [0.5, 0.6) is 5.75 Å². The van der Waals surface area contributed by atoms with Gasteiger partial charge in [0.15, 0.2) is 5.54 Å². The Hall–Kier alpha value is -3.19. The molecule has 41 heavy (non-hydrogen) atoms. The van der Waals surface area contributed by atoms with E-state index in [2.05, 4.69) is 5.32 Å². The Kier molecular flexibility index (Phi) is 7.56. The molecule has 13 heteroatoms. The van der Waals surface area contributed by atoms with Gasteiger partial charge in [-0.1, -0.05) is 18.2 Å². The van der Waals surface area contributed by atoms with Gasteiger partial charge in [0.25, 0.3) is 0 Å². The summed E-state index contributed by atoms with van der Waals surface area (Å²) in [5.74, 6) is -14.4. The van der Waals surface area contributed by atoms with Crippen molar-refractivity contribution in [2.75, 3.05) is 13.2 Å². The predicted octanol–water partition coefficient (Wildman–Crippen LogP) is 6.91. The Morgan fingerprint density at radius 1 is 0.976 bits per heavy atom. The maximum Gasteiger partial charge on any atom is 0.411 e. The number of rotatable bonds is 6. The molecule has 0 spiro atoms. The highest BCUT2D eigenvalue weighted by atomic mass is 19.4. The van der Waals surface area contributed by atoms with E-state index in [0.29, 0.717) is 42.3 Å². The molecule has 1 N–H and O–H groups in total. The molecule has 5 nitrogen and oxygen atoms in total. The number of hydrogen-bond donors (Lipinski definition) is 1. The summed E-state index contributed by atoms with van der Waals surface area (Å²) in [4.78, 5) is 13.1. The van der Waals surface area contributed by atoms with Crippen LogP contribution in [-0.2, 0) is 4.74 Å². The molecule has 1 aromatic heterocycles. The molecule has 1 atom stereocenters. The van der Waals surface area contributed by atoms with E-state index in [9.17, 15) is 39.9 Å². The minimum Gasteiger partial charge on any atom is -0.416 e. The van der Waals surface area contributed by atoms with E-state index in [1.165, 1.54) is 0 Å². The first-order valence-electron chi connectivity index (χ1n) is 13.0. The molecule has 0 unspecified atom stereocenters. The number of ether oxygens (including phenoxy) is 2. The van der Waals surface area contributed by atoms with Crippen molar-refractivity contribution >= 4 is 16.9 Å². The summed E-state index contributed by atoms with van der Waals surface area (Å²) < 4.78 is 121. The molecule has 1 aliphatic carbocycles. The second kappa shape index (κ2) is 10.6. The van der Waals surface area contributed by atoms with E-state index in [1.54, 1.807) is 31.2 Å². The lowest BCUT2D eigenvalue weighted by Gasteiger charge is -2.46. The largest absolute Gasteiger partial charge is 0.416 e. The molecule has 1 aliphatic heterocycles. The first-order chi connectivity index (χ1) is 19.3. The van der Waals surface area contributed by atoms with Crippen LogP contribution in [0.2, 0.25) is 0 Å². The van der Waals surface area contributed by atoms with Crippen LogP contribution in [0, 0.1) is 41.9 Å². The zero-order chi connectivity index (χ0) is 29.9. The van der Waals surface area contributed by atoms with E-state index in [1.807, 2.05) is 11.5 Å². The average molecular weight is 591 g/mol. The Balaban J connectivity index is 1.39. The quantitative estimate of drug-likeness (QED) is 0.112. The van der Waals surface area contributed by atoms with Crippen LogP contribution < -0.4 is 10.1 Å². The zero-order valence-corrected chi connectivity index (χ0v) is 22.0. The van der Waals surface area contributed by atoms with Crippen molar-refractivity contribution in [1.82, 2.24) is 9.88 Å². The molecule has 1 saturated heterocycles. The third-order valence-electron chi connectivity index (χ3n) is 8.31. The smallest absolute Gasteiger partial charge is 0.411 e. The third kappa shape index (κ3) is 4.86. The maximum absolute atomic E-state index is 14.2. The summed E-state index contributed by atoms with van der Waals surface area (Å²) in [5, 5.41) is 3.10. The number of nitrogens with one attached hydrogen (secondary N) is 1. The number of hydrogen-bond acceptors (Lipinski definition) is 4. The summed E-state index contributed by atoms with van der Waals surface area (Å²) in [7, 11) is 0. The van der Waals surface area contributed by atoms with Crippen LogP contribution >= 0.6 is 0 Å². The molecular formula is C28H26F8N2O3. The summed E-state index contributed by atoms with van der Waals surface area (Å²) in [6, 6.07) is 6.01. The van der Waals surface area contributed by atoms with Gasteiger partial charge >= 0.3 is 12.1 Å². The fourth-order valence-electron chi connectivity index (χ4n) is 5.97. The molecule has 2 aromatic carbocycles. The first kappa shape index (κ1) is 29.3. The third-order valence-corrected chi connectivity index (χ3v) is 8.31. The van der Waals surface area contributed by atoms with Crippen molar-refractivity contribution in [3.05, 3.63) is 64.6 Å². The number of nitrogens with zero attached hydrogens (tertiary/aromatic N) is 1. The van der Waals surface area contributed by atoms with E-state index in [4.69, 9.17) is 9.47 Å². The highest BCUT2D eigenvalue weighted by Crippen LogP contribution is 2.41. The van der Waals surface area contributed by atoms with Gasteiger partial charge in [-0.15, -0.1) is 0 Å². The van der Waals surface area contributed by atoms with E-state index >= 15 is 0 Å². The van der Waals surface area contributed by atoms with Gasteiger partial charge in [0.05, 0.1) is 18.8 Å². The summed E-state index contributed by atoms with van der Waals surface area (Å²) in [6.45, 7) is 2.62. The van der Waals surface area contributed by atoms with Crippen molar-refractivity contribution in [3.63, 3.8) is 0 Å². The lowest BCUT2D eigenvalue weighted by Crippen LogP contribution is -2.71. The van der Waals surface area contributed by atoms with Gasteiger partial charge < -0.3 is 14.0 Å². The van der Waals surface area contributed by atoms with Crippen LogP contribution in [0.3, 0.4) is 0 Å². The van der Waals surface area contributed by atoms with Gasteiger partial charge in [0.2, 0.25) is 34.8 Å². The van der Waals surface area contributed by atoms with Gasteiger partial charge in [-0.05, 0) is 51.5 Å². The number of carbonyl (C=O) groups is 1. The fourth-order valence-corrected chi connectivity index (χ4v) is 5.97. The first-order valence-corrected chi connectivity index (χ1v) is 13.0. The number of carbonyl (C=O) groups excluding carboxylic acids is 1. The predicted molar refractivity (Wildman–Crippen MR) is 131 cm³/mol. The zero-order valence-electron chi connectivity index (χ0n) is 22.0. The standard InChI is InChI=1S/C28H26F8N2O3/c1-13(15-7-9-16(10-8-15)37-27(11-40-12-27)28(34,35)36)38-14(2)19(17-5-3-4-6-18(17)38)26(39)41-25-23(32)21(30)20(29)22(31)24(25)33/h3-6,13,15-16,37H,7-12H2,1-2H3/t13-,15?,16?/m1/s1. The number of esters is 1. The van der Waals surface area contributed by atoms with E-state index < -0.39 is 65.7 Å². The van der Waals surface area contributed by atoms with Crippen LogP contribution in [0.15, 0.2) is 24.3 Å². The van der Waals surface area contributed by atoms with Gasteiger partial charge in [0, 0.05) is 28.7 Å². The number of benzene rings is 2. The highest BCUT2D eigenvalue weighted by molar-refractivity contribution is 6.06. The van der Waals surface area contributed by atoms with Crippen molar-refractivity contribution in [1.29, 1.82) is 0 Å². The van der Waals surface area contributed by atoms with Gasteiger partial charge in [-0.2, -0.15) is 22.0 Å². The molecule has 5 rings (SSSR count). The van der Waals surface area contributed by atoms with Crippen LogP contribution in [0.25, 0.3) is 10.9 Å². The second-order valence-electron chi connectivity index (χ2n) is 10.7. The van der Waals surface area contributed by atoms with Crippen LogP contribution in [0.1, 0.15) is 54.7 Å². The SMILES string of the molecule is Cc1c(C(=O)Oc2c(F)c(F)c(F)c(F)c2F)c2ccccc2n1[C@H](C)C1CCC(NC2(C(F)(F)F)COC2)CC1. The second-order valence-corrected chi connectivity index (χ2v) is 10.7. The molecule has 0 bridgehead atoms. The average Bonchev–Trinajstić information content (AvgIpc) is 3.21. The van der Waals surface area contributed by atoms with Crippen LogP contribution in [-0.4, -0.2) is 41.5 Å². The summed E-state index contributed by atoms with van der Waals surface area (Å²) in [5.41, 5.74) is -1.22. The number of alkyl halides is 3. The number of para-hydroxylation sites is 1. The van der Waals surface area contributed by atoms with Crippen molar-refractivity contribution in [2.24, 2.45) is 5.92 Å². The molecule has 222 valence electrons. The van der Waals surface area contributed by atoms with Crippen LogP contribution in [0.4, 0.5) is 35.1 Å². The lowest BCUT2D eigenvalue weighted by molar-refractivity contribution is -0.270. The highest BCUT2D eigenvalue weighted by Gasteiger charge is 2.60. The van der Waals surface area contributed by atoms with E-state index in [-0.39, 0.29) is 23.6 Å². The van der Waals surface area contributed by atoms with Crippen molar-refractivity contribution in [3.8, 4) is 5.75 Å². The number of aromatic nitrogens is 1. The Labute approximate surface area is 229 Å². The molecule has 2 fully saturated rings. The Morgan fingerprint density at radius 2 is 1.54 bits per heavy atom. The normalized spacial score (nSPS) is 21.5. The van der Waals surface area contributed by atoms with Crippen molar-refractivity contribution in [2.45, 2.75) is 63.3 Å². The Bertz CT molecular complexity index is 1460. The molecule has 0 amide bonds. The molecule has 0 radical (unpaired) electrons. The minimum atomic E-state index is -4.43. The lowest BCUT2D eigenvalue weighted by atomic mass is 9.80. The fraction of sp³-hybridized carbons (Fsp3) is 0.464. The molecule has 2 heterocycles.